The third-order valence-electron chi connectivity index (χ3n) is 5.39. The molecular weight excluding hydrogens is 376 g/mol. The molecule has 0 saturated heterocycles. The molecule has 2 nitrogen and oxygen atoms in total. The minimum absolute atomic E-state index is 0.754. The molecule has 0 spiro atoms. The largest absolute Gasteiger partial charge is 0.233 e. The van der Waals surface area contributed by atoms with Gasteiger partial charge < -0.3 is 0 Å². The van der Waals surface area contributed by atoms with Gasteiger partial charge in [0.2, 0.25) is 0 Å². The highest BCUT2D eigenvalue weighted by molar-refractivity contribution is 5.72. The minimum atomic E-state index is 0.754. The quantitative estimate of drug-likeness (QED) is 0.314. The number of aromatic nitrogens is 2. The van der Waals surface area contributed by atoms with E-state index >= 15 is 0 Å². The van der Waals surface area contributed by atoms with Crippen molar-refractivity contribution >= 4 is 0 Å². The monoisotopic (exact) mass is 398 g/mol. The van der Waals surface area contributed by atoms with Gasteiger partial charge in [-0.25, -0.2) is 9.97 Å². The third kappa shape index (κ3) is 4.15. The lowest BCUT2D eigenvalue weighted by Crippen LogP contribution is -1.95. The molecule has 0 N–H and O–H groups in total. The van der Waals surface area contributed by atoms with Gasteiger partial charge in [-0.05, 0) is 35.2 Å². The Labute approximate surface area is 182 Å². The summed E-state index contributed by atoms with van der Waals surface area (Å²) in [5.74, 6) is 0.754. The molecule has 0 amide bonds. The molecule has 4 aromatic carbocycles. The first-order chi connectivity index (χ1) is 15.3. The first kappa shape index (κ1) is 19.0. The van der Waals surface area contributed by atoms with Gasteiger partial charge in [0.15, 0.2) is 5.82 Å². The highest BCUT2D eigenvalue weighted by Crippen LogP contribution is 2.27. The van der Waals surface area contributed by atoms with Gasteiger partial charge in [-0.2, -0.15) is 0 Å². The summed E-state index contributed by atoms with van der Waals surface area (Å²) in [6.07, 6.45) is 0. The van der Waals surface area contributed by atoms with E-state index in [9.17, 15) is 0 Å². The Morgan fingerprint density at radius 1 is 0.419 bits per heavy atom. The number of hydrogen-bond donors (Lipinski definition) is 0. The number of nitrogens with zero attached hydrogens (tertiary/aromatic N) is 2. The van der Waals surface area contributed by atoms with Crippen molar-refractivity contribution in [2.24, 2.45) is 0 Å². The molecule has 0 aliphatic rings. The summed E-state index contributed by atoms with van der Waals surface area (Å²) in [5.41, 5.74) is 8.86. The summed E-state index contributed by atoms with van der Waals surface area (Å²) in [6, 6.07) is 39.9. The fourth-order valence-electron chi connectivity index (χ4n) is 3.75. The van der Waals surface area contributed by atoms with Crippen LogP contribution in [0.4, 0.5) is 0 Å². The van der Waals surface area contributed by atoms with Crippen LogP contribution in [0.2, 0.25) is 0 Å². The predicted octanol–water partition coefficient (Wildman–Crippen LogP) is 7.45. The molecule has 5 aromatic rings. The maximum Gasteiger partial charge on any atom is 0.160 e. The summed E-state index contributed by atoms with van der Waals surface area (Å²) in [7, 11) is 0. The van der Waals surface area contributed by atoms with Crippen LogP contribution in [0.5, 0.6) is 0 Å². The van der Waals surface area contributed by atoms with Crippen molar-refractivity contribution in [1.82, 2.24) is 9.97 Å². The van der Waals surface area contributed by atoms with Gasteiger partial charge >= 0.3 is 0 Å². The zero-order valence-corrected chi connectivity index (χ0v) is 17.4. The van der Waals surface area contributed by atoms with Crippen molar-refractivity contribution in [3.05, 3.63) is 121 Å². The summed E-state index contributed by atoms with van der Waals surface area (Å²) >= 11 is 0. The van der Waals surface area contributed by atoms with Crippen molar-refractivity contribution in [1.29, 1.82) is 0 Å². The maximum absolute atomic E-state index is 4.81. The van der Waals surface area contributed by atoms with E-state index < -0.39 is 0 Å². The lowest BCUT2D eigenvalue weighted by Gasteiger charge is -2.08. The van der Waals surface area contributed by atoms with Crippen molar-refractivity contribution < 1.29 is 0 Å². The van der Waals surface area contributed by atoms with Crippen LogP contribution in [0.1, 0.15) is 5.69 Å². The standard InChI is InChI=1S/C29H22N2/c1-21-20-28(26-10-6-3-7-11-26)31-29(30-21)27-18-16-25(17-19-27)24-14-12-23(13-15-24)22-8-4-2-5-9-22/h2-20H,1H3. The number of rotatable bonds is 4. The molecule has 0 saturated carbocycles. The van der Waals surface area contributed by atoms with E-state index in [0.29, 0.717) is 0 Å². The van der Waals surface area contributed by atoms with Crippen LogP contribution in [0.25, 0.3) is 44.9 Å². The fraction of sp³-hybridized carbons (Fsp3) is 0.0345. The van der Waals surface area contributed by atoms with Gasteiger partial charge in [0.05, 0.1) is 5.69 Å². The molecule has 0 bridgehead atoms. The minimum Gasteiger partial charge on any atom is -0.233 e. The van der Waals surface area contributed by atoms with E-state index in [-0.39, 0.29) is 0 Å². The average molecular weight is 399 g/mol. The van der Waals surface area contributed by atoms with Gasteiger partial charge in [0.25, 0.3) is 0 Å². The van der Waals surface area contributed by atoms with Crippen LogP contribution >= 0.6 is 0 Å². The molecule has 1 aromatic heterocycles. The molecule has 0 aliphatic carbocycles. The Morgan fingerprint density at radius 3 is 1.35 bits per heavy atom. The van der Waals surface area contributed by atoms with Crippen LogP contribution < -0.4 is 0 Å². The second-order valence-corrected chi connectivity index (χ2v) is 7.60. The predicted molar refractivity (Wildman–Crippen MR) is 129 cm³/mol. The summed E-state index contributed by atoms with van der Waals surface area (Å²) in [6.45, 7) is 2.01. The van der Waals surface area contributed by atoms with Crippen LogP contribution in [-0.4, -0.2) is 9.97 Å². The SMILES string of the molecule is Cc1cc(-c2ccccc2)nc(-c2ccc(-c3ccc(-c4ccccc4)cc3)cc2)n1. The van der Waals surface area contributed by atoms with Gasteiger partial charge in [0.1, 0.15) is 0 Å². The summed E-state index contributed by atoms with van der Waals surface area (Å²) in [5, 5.41) is 0. The summed E-state index contributed by atoms with van der Waals surface area (Å²) in [4.78, 5) is 9.48. The topological polar surface area (TPSA) is 25.8 Å². The van der Waals surface area contributed by atoms with E-state index in [1.54, 1.807) is 0 Å². The first-order valence-electron chi connectivity index (χ1n) is 10.4. The van der Waals surface area contributed by atoms with E-state index in [4.69, 9.17) is 4.98 Å². The molecule has 0 unspecified atom stereocenters. The zero-order valence-electron chi connectivity index (χ0n) is 17.4. The van der Waals surface area contributed by atoms with Gasteiger partial charge in [0, 0.05) is 16.8 Å². The van der Waals surface area contributed by atoms with Crippen LogP contribution in [0, 0.1) is 6.92 Å². The molecule has 0 aliphatic heterocycles. The Morgan fingerprint density at radius 2 is 0.839 bits per heavy atom. The van der Waals surface area contributed by atoms with E-state index in [1.165, 1.54) is 22.3 Å². The molecule has 31 heavy (non-hydrogen) atoms. The van der Waals surface area contributed by atoms with Gasteiger partial charge in [-0.1, -0.05) is 109 Å². The first-order valence-corrected chi connectivity index (χ1v) is 10.4. The third-order valence-corrected chi connectivity index (χ3v) is 5.39. The average Bonchev–Trinajstić information content (AvgIpc) is 2.85. The van der Waals surface area contributed by atoms with E-state index in [2.05, 4.69) is 89.9 Å². The lowest BCUT2D eigenvalue weighted by atomic mass is 9.99. The van der Waals surface area contributed by atoms with Crippen molar-refractivity contribution in [3.8, 4) is 44.9 Å². The molecule has 5 rings (SSSR count). The van der Waals surface area contributed by atoms with Crippen LogP contribution in [-0.2, 0) is 0 Å². The number of aryl methyl sites for hydroxylation is 1. The molecular formula is C29H22N2. The highest BCUT2D eigenvalue weighted by atomic mass is 14.9. The molecule has 0 radical (unpaired) electrons. The molecule has 0 atom stereocenters. The number of hydrogen-bond acceptors (Lipinski definition) is 2. The molecule has 0 fully saturated rings. The van der Waals surface area contributed by atoms with Crippen molar-refractivity contribution in [2.45, 2.75) is 6.92 Å². The van der Waals surface area contributed by atoms with Crippen LogP contribution in [0.3, 0.4) is 0 Å². The highest BCUT2D eigenvalue weighted by Gasteiger charge is 2.08. The lowest BCUT2D eigenvalue weighted by molar-refractivity contribution is 1.12. The van der Waals surface area contributed by atoms with Gasteiger partial charge in [-0.15, -0.1) is 0 Å². The van der Waals surface area contributed by atoms with E-state index in [1.807, 2.05) is 37.3 Å². The smallest absolute Gasteiger partial charge is 0.160 e. The summed E-state index contributed by atoms with van der Waals surface area (Å²) < 4.78 is 0. The van der Waals surface area contributed by atoms with Crippen molar-refractivity contribution in [2.75, 3.05) is 0 Å². The Balaban J connectivity index is 1.42. The Hall–Kier alpha value is -4.04. The molecule has 2 heteroatoms. The van der Waals surface area contributed by atoms with Crippen molar-refractivity contribution in [3.63, 3.8) is 0 Å². The van der Waals surface area contributed by atoms with E-state index in [0.717, 1.165) is 28.3 Å². The maximum atomic E-state index is 4.81. The zero-order chi connectivity index (χ0) is 21.0. The Bertz CT molecular complexity index is 1290. The van der Waals surface area contributed by atoms with Gasteiger partial charge in [-0.3, -0.25) is 0 Å². The normalized spacial score (nSPS) is 10.7. The number of benzene rings is 4. The second kappa shape index (κ2) is 8.37. The second-order valence-electron chi connectivity index (χ2n) is 7.60. The van der Waals surface area contributed by atoms with Crippen LogP contribution in [0.15, 0.2) is 115 Å². The molecule has 148 valence electrons. The molecule has 1 heterocycles. The fourth-order valence-corrected chi connectivity index (χ4v) is 3.75. The Kier molecular flexibility index (Phi) is 5.12.